The van der Waals surface area contributed by atoms with Gasteiger partial charge in [0.2, 0.25) is 5.91 Å². The summed E-state index contributed by atoms with van der Waals surface area (Å²) in [6.07, 6.45) is -0.472. The molecule has 1 heterocycles. The third-order valence-electron chi connectivity index (χ3n) is 4.22. The summed E-state index contributed by atoms with van der Waals surface area (Å²) in [5.74, 6) is -3.08. The summed E-state index contributed by atoms with van der Waals surface area (Å²) in [6.45, 7) is -0.531. The van der Waals surface area contributed by atoms with E-state index in [1.807, 2.05) is 0 Å². The number of aliphatic carboxylic acids is 1. The highest BCUT2D eigenvalue weighted by Crippen LogP contribution is 2.23. The first-order valence-electron chi connectivity index (χ1n) is 8.41. The van der Waals surface area contributed by atoms with Crippen molar-refractivity contribution < 1.29 is 38.4 Å². The number of aliphatic hydroxyl groups excluding tert-OH is 2. The van der Waals surface area contributed by atoms with Gasteiger partial charge in [-0.3, -0.25) is 4.79 Å². The number of benzene rings is 1. The Hall–Kier alpha value is -2.36. The minimum atomic E-state index is -1.15. The van der Waals surface area contributed by atoms with Crippen LogP contribution >= 0.6 is 0 Å². The van der Waals surface area contributed by atoms with E-state index in [-0.39, 0.29) is 24.8 Å². The van der Waals surface area contributed by atoms with Gasteiger partial charge in [0.05, 0.1) is 24.9 Å². The number of hydrogen-bond donors (Lipinski definition) is 4. The van der Waals surface area contributed by atoms with Crippen molar-refractivity contribution in [3.8, 4) is 0 Å². The molecule has 0 unspecified atom stereocenters. The largest absolute Gasteiger partial charge is 0.479 e. The standard InChI is InChI=1S/C18H21F2NO6/c19-11-2-3-13(20)10(7-11)1-6-17(24)21-14-4-5-15(18(25)26)27-16(14)8-12(23)9-22/h1-3,6-7,12,14-16,22-23H,4-5,8-9H2,(H,21,24)(H,25,26)/t12-,14+,15-,16+/m0/s1. The van der Waals surface area contributed by atoms with Gasteiger partial charge < -0.3 is 25.4 Å². The van der Waals surface area contributed by atoms with Crippen molar-refractivity contribution in [2.75, 3.05) is 6.61 Å². The van der Waals surface area contributed by atoms with Crippen molar-refractivity contribution in [1.82, 2.24) is 5.32 Å². The lowest BCUT2D eigenvalue weighted by atomic mass is 9.94. The molecule has 27 heavy (non-hydrogen) atoms. The van der Waals surface area contributed by atoms with Crippen molar-refractivity contribution in [3.63, 3.8) is 0 Å². The molecule has 1 aromatic carbocycles. The molecule has 4 N–H and O–H groups in total. The zero-order chi connectivity index (χ0) is 20.0. The van der Waals surface area contributed by atoms with Gasteiger partial charge >= 0.3 is 5.97 Å². The van der Waals surface area contributed by atoms with Crippen LogP contribution in [0.1, 0.15) is 24.8 Å². The van der Waals surface area contributed by atoms with Crippen LogP contribution in [0, 0.1) is 11.6 Å². The molecule has 1 saturated heterocycles. The van der Waals surface area contributed by atoms with Gasteiger partial charge in [-0.15, -0.1) is 0 Å². The highest BCUT2D eigenvalue weighted by Gasteiger charge is 2.36. The topological polar surface area (TPSA) is 116 Å². The summed E-state index contributed by atoms with van der Waals surface area (Å²) in [5, 5.41) is 30.3. The van der Waals surface area contributed by atoms with Crippen LogP contribution in [-0.4, -0.2) is 58.2 Å². The van der Waals surface area contributed by atoms with Crippen LogP contribution in [0.5, 0.6) is 0 Å². The van der Waals surface area contributed by atoms with Gasteiger partial charge in [-0.25, -0.2) is 13.6 Å². The third kappa shape index (κ3) is 6.09. The number of hydrogen-bond acceptors (Lipinski definition) is 5. The number of aliphatic hydroxyl groups is 2. The minimum Gasteiger partial charge on any atom is -0.479 e. The van der Waals surface area contributed by atoms with Crippen molar-refractivity contribution in [1.29, 1.82) is 0 Å². The number of carbonyl (C=O) groups excluding carboxylic acids is 1. The Morgan fingerprint density at radius 2 is 2.07 bits per heavy atom. The van der Waals surface area contributed by atoms with Gasteiger partial charge in [0, 0.05) is 18.1 Å². The average molecular weight is 385 g/mol. The van der Waals surface area contributed by atoms with E-state index >= 15 is 0 Å². The average Bonchev–Trinajstić information content (AvgIpc) is 2.63. The van der Waals surface area contributed by atoms with E-state index in [1.54, 1.807) is 0 Å². The second-order valence-electron chi connectivity index (χ2n) is 6.27. The molecular weight excluding hydrogens is 364 g/mol. The fourth-order valence-corrected chi connectivity index (χ4v) is 2.84. The van der Waals surface area contributed by atoms with E-state index in [0.29, 0.717) is 0 Å². The smallest absolute Gasteiger partial charge is 0.332 e. The highest BCUT2D eigenvalue weighted by atomic mass is 19.1. The maximum atomic E-state index is 13.6. The molecule has 1 fully saturated rings. The monoisotopic (exact) mass is 385 g/mol. The number of halogens is 2. The molecule has 7 nitrogen and oxygen atoms in total. The van der Waals surface area contributed by atoms with Gasteiger partial charge in [0.1, 0.15) is 11.6 Å². The van der Waals surface area contributed by atoms with Crippen molar-refractivity contribution in [2.24, 2.45) is 0 Å². The molecule has 0 saturated carbocycles. The first kappa shape index (κ1) is 20.9. The Morgan fingerprint density at radius 1 is 1.33 bits per heavy atom. The summed E-state index contributed by atoms with van der Waals surface area (Å²) in [7, 11) is 0. The minimum absolute atomic E-state index is 0.0620. The Morgan fingerprint density at radius 3 is 2.74 bits per heavy atom. The quantitative estimate of drug-likeness (QED) is 0.517. The molecule has 1 aliphatic rings. The lowest BCUT2D eigenvalue weighted by Crippen LogP contribution is -2.51. The molecule has 148 valence electrons. The molecule has 2 rings (SSSR count). The van der Waals surface area contributed by atoms with Crippen molar-refractivity contribution in [2.45, 2.75) is 43.6 Å². The maximum Gasteiger partial charge on any atom is 0.332 e. The van der Waals surface area contributed by atoms with Crippen LogP contribution in [0.2, 0.25) is 0 Å². The van der Waals surface area contributed by atoms with Crippen LogP contribution in [0.15, 0.2) is 24.3 Å². The molecule has 0 aromatic heterocycles. The zero-order valence-corrected chi connectivity index (χ0v) is 14.3. The van der Waals surface area contributed by atoms with Crippen molar-refractivity contribution >= 4 is 18.0 Å². The molecular formula is C18H21F2NO6. The van der Waals surface area contributed by atoms with E-state index in [0.717, 1.165) is 30.4 Å². The van der Waals surface area contributed by atoms with Gasteiger partial charge in [-0.05, 0) is 37.1 Å². The second kappa shape index (κ2) is 9.54. The fourth-order valence-electron chi connectivity index (χ4n) is 2.84. The molecule has 1 aromatic rings. The van der Waals surface area contributed by atoms with Gasteiger partial charge in [-0.1, -0.05) is 0 Å². The van der Waals surface area contributed by atoms with Crippen molar-refractivity contribution in [3.05, 3.63) is 41.5 Å². The second-order valence-corrected chi connectivity index (χ2v) is 6.27. The van der Waals surface area contributed by atoms with Crippen LogP contribution in [0.3, 0.4) is 0 Å². The van der Waals surface area contributed by atoms with Gasteiger partial charge in [0.25, 0.3) is 0 Å². The molecule has 9 heteroatoms. The lowest BCUT2D eigenvalue weighted by Gasteiger charge is -2.36. The van der Waals surface area contributed by atoms with Crippen LogP contribution in [-0.2, 0) is 14.3 Å². The molecule has 1 aliphatic heterocycles. The predicted molar refractivity (Wildman–Crippen MR) is 90.6 cm³/mol. The fraction of sp³-hybridized carbons (Fsp3) is 0.444. The molecule has 0 bridgehead atoms. The first-order valence-corrected chi connectivity index (χ1v) is 8.41. The molecule has 0 radical (unpaired) electrons. The van der Waals surface area contributed by atoms with Crippen LogP contribution in [0.4, 0.5) is 8.78 Å². The van der Waals surface area contributed by atoms with Gasteiger partial charge in [0.15, 0.2) is 6.10 Å². The summed E-state index contributed by atoms with van der Waals surface area (Å²) >= 11 is 0. The summed E-state index contributed by atoms with van der Waals surface area (Å²) in [4.78, 5) is 23.2. The number of nitrogens with one attached hydrogen (secondary N) is 1. The van der Waals surface area contributed by atoms with E-state index in [2.05, 4.69) is 5.32 Å². The molecule has 1 amide bonds. The summed E-state index contributed by atoms with van der Waals surface area (Å²) < 4.78 is 32.1. The Bertz CT molecular complexity index is 711. The number of carbonyl (C=O) groups is 2. The summed E-state index contributed by atoms with van der Waals surface area (Å²) in [6, 6.07) is 2.25. The van der Waals surface area contributed by atoms with E-state index in [9.17, 15) is 23.5 Å². The maximum absolute atomic E-state index is 13.6. The summed E-state index contributed by atoms with van der Waals surface area (Å²) in [5.41, 5.74) is -0.0942. The predicted octanol–water partition coefficient (Wildman–Crippen LogP) is 0.838. The van der Waals surface area contributed by atoms with Gasteiger partial charge in [-0.2, -0.15) is 0 Å². The number of carboxylic acids is 1. The Kier molecular flexibility index (Phi) is 7.40. The number of amides is 1. The molecule has 4 atom stereocenters. The van der Waals surface area contributed by atoms with Crippen LogP contribution < -0.4 is 5.32 Å². The third-order valence-corrected chi connectivity index (χ3v) is 4.22. The Balaban J connectivity index is 2.03. The van der Waals surface area contributed by atoms with E-state index in [4.69, 9.17) is 14.9 Å². The number of ether oxygens (including phenoxy) is 1. The first-order chi connectivity index (χ1) is 12.8. The number of rotatable bonds is 7. The van der Waals surface area contributed by atoms with Crippen LogP contribution in [0.25, 0.3) is 6.08 Å². The van der Waals surface area contributed by atoms with E-state index in [1.165, 1.54) is 0 Å². The molecule has 0 aliphatic carbocycles. The van der Waals surface area contributed by atoms with E-state index < -0.39 is 54.5 Å². The Labute approximate surface area is 154 Å². The molecule has 0 spiro atoms. The SMILES string of the molecule is O=C(C=Cc1cc(F)ccc1F)N[C@@H]1CC[C@@H](C(=O)O)O[C@@H]1C[C@H](O)CO. The lowest BCUT2D eigenvalue weighted by molar-refractivity contribution is -0.164. The number of carboxylic acid groups (broad SMARTS) is 1. The highest BCUT2D eigenvalue weighted by molar-refractivity contribution is 5.92. The normalized spacial score (nSPS) is 23.9. The zero-order valence-electron chi connectivity index (χ0n) is 14.3.